The number of aryl methyl sites for hydroxylation is 1. The van der Waals surface area contributed by atoms with Crippen molar-refractivity contribution in [2.24, 2.45) is 12.5 Å². The second-order valence-electron chi connectivity index (χ2n) is 5.70. The second-order valence-corrected chi connectivity index (χ2v) is 5.70. The number of aliphatic hydroxyl groups is 1. The molecular formula is C15H21N3O. The Balaban J connectivity index is 1.80. The zero-order chi connectivity index (χ0) is 13.3. The number of hydrogen-bond donors (Lipinski definition) is 2. The molecule has 0 radical (unpaired) electrons. The summed E-state index contributed by atoms with van der Waals surface area (Å²) in [6.45, 7) is 1.07. The zero-order valence-electron chi connectivity index (χ0n) is 11.4. The molecule has 4 nitrogen and oxygen atoms in total. The summed E-state index contributed by atoms with van der Waals surface area (Å²) in [5, 5.41) is 13.1. The van der Waals surface area contributed by atoms with Gasteiger partial charge in [0.05, 0.1) is 17.6 Å². The summed E-state index contributed by atoms with van der Waals surface area (Å²) < 4.78 is 2.08. The van der Waals surface area contributed by atoms with Gasteiger partial charge in [0.1, 0.15) is 0 Å². The Morgan fingerprint density at radius 3 is 2.74 bits per heavy atom. The lowest BCUT2D eigenvalue weighted by Gasteiger charge is -2.26. The molecule has 19 heavy (non-hydrogen) atoms. The summed E-state index contributed by atoms with van der Waals surface area (Å²) >= 11 is 0. The summed E-state index contributed by atoms with van der Waals surface area (Å²) in [5.41, 5.74) is 2.20. The molecular weight excluding hydrogens is 238 g/mol. The third-order valence-corrected chi connectivity index (χ3v) is 4.41. The van der Waals surface area contributed by atoms with Gasteiger partial charge in [-0.25, -0.2) is 4.98 Å². The molecule has 1 aliphatic rings. The van der Waals surface area contributed by atoms with E-state index in [1.807, 2.05) is 25.2 Å². The first-order chi connectivity index (χ1) is 9.24. The van der Waals surface area contributed by atoms with Gasteiger partial charge in [0, 0.05) is 19.0 Å². The van der Waals surface area contributed by atoms with E-state index in [0.29, 0.717) is 0 Å². The number of aliphatic hydroxyl groups excluding tert-OH is 1. The highest BCUT2D eigenvalue weighted by Gasteiger charge is 2.33. The van der Waals surface area contributed by atoms with Crippen LogP contribution in [0.3, 0.4) is 0 Å². The van der Waals surface area contributed by atoms with E-state index in [1.54, 1.807) is 0 Å². The van der Waals surface area contributed by atoms with Crippen LogP contribution in [0.5, 0.6) is 0 Å². The van der Waals surface area contributed by atoms with Crippen molar-refractivity contribution >= 4 is 17.0 Å². The van der Waals surface area contributed by atoms with Gasteiger partial charge in [0.25, 0.3) is 0 Å². The van der Waals surface area contributed by atoms with E-state index in [2.05, 4.69) is 20.9 Å². The average Bonchev–Trinajstić information content (AvgIpc) is 3.03. The van der Waals surface area contributed by atoms with Crippen LogP contribution >= 0.6 is 0 Å². The Bertz CT molecular complexity index is 570. The molecule has 1 aromatic heterocycles. The van der Waals surface area contributed by atoms with E-state index >= 15 is 0 Å². The van der Waals surface area contributed by atoms with Gasteiger partial charge in [0.15, 0.2) is 0 Å². The Hall–Kier alpha value is -1.55. The van der Waals surface area contributed by atoms with Crippen LogP contribution in [0.4, 0.5) is 5.95 Å². The Morgan fingerprint density at radius 2 is 2.05 bits per heavy atom. The quantitative estimate of drug-likeness (QED) is 0.887. The summed E-state index contributed by atoms with van der Waals surface area (Å²) in [7, 11) is 2.03. The highest BCUT2D eigenvalue weighted by Crippen LogP contribution is 2.37. The molecule has 0 saturated heterocycles. The second kappa shape index (κ2) is 4.85. The number of aromatic nitrogens is 2. The molecule has 0 spiro atoms. The van der Waals surface area contributed by atoms with Crippen LogP contribution < -0.4 is 5.32 Å². The fraction of sp³-hybridized carbons (Fsp3) is 0.533. The van der Waals surface area contributed by atoms with Crippen LogP contribution in [0.1, 0.15) is 25.7 Å². The number of imidazole rings is 1. The van der Waals surface area contributed by atoms with Crippen LogP contribution in [-0.2, 0) is 7.05 Å². The molecule has 0 amide bonds. The van der Waals surface area contributed by atoms with Crippen molar-refractivity contribution in [3.63, 3.8) is 0 Å². The number of nitrogens with zero attached hydrogens (tertiary/aromatic N) is 2. The van der Waals surface area contributed by atoms with E-state index in [0.717, 1.165) is 36.4 Å². The average molecular weight is 259 g/mol. The number of benzene rings is 1. The van der Waals surface area contributed by atoms with Gasteiger partial charge in [0.2, 0.25) is 5.95 Å². The molecule has 0 atom stereocenters. The first-order valence-corrected chi connectivity index (χ1v) is 7.00. The highest BCUT2D eigenvalue weighted by molar-refractivity contribution is 5.78. The van der Waals surface area contributed by atoms with Crippen LogP contribution in [0.2, 0.25) is 0 Å². The predicted octanol–water partition coefficient (Wildman–Crippen LogP) is 2.54. The maximum absolute atomic E-state index is 9.64. The fourth-order valence-electron chi connectivity index (χ4n) is 3.09. The number of nitrogens with one attached hydrogen (secondary N) is 1. The molecule has 1 heterocycles. The van der Waals surface area contributed by atoms with Gasteiger partial charge in [-0.05, 0) is 25.0 Å². The van der Waals surface area contributed by atoms with Gasteiger partial charge >= 0.3 is 0 Å². The SMILES string of the molecule is Cn1c(NCC2(CO)CCCC2)nc2ccccc21. The smallest absolute Gasteiger partial charge is 0.203 e. The maximum Gasteiger partial charge on any atom is 0.203 e. The van der Waals surface area contributed by atoms with Crippen molar-refractivity contribution in [3.05, 3.63) is 24.3 Å². The van der Waals surface area contributed by atoms with Crippen LogP contribution in [0, 0.1) is 5.41 Å². The summed E-state index contributed by atoms with van der Waals surface area (Å²) in [5.74, 6) is 0.890. The normalized spacial score (nSPS) is 18.0. The molecule has 102 valence electrons. The largest absolute Gasteiger partial charge is 0.396 e. The minimum atomic E-state index is 0.0537. The van der Waals surface area contributed by atoms with Crippen molar-refractivity contribution in [2.45, 2.75) is 25.7 Å². The number of para-hydroxylation sites is 2. The van der Waals surface area contributed by atoms with Crippen LogP contribution in [0.15, 0.2) is 24.3 Å². The number of hydrogen-bond acceptors (Lipinski definition) is 3. The molecule has 0 aliphatic heterocycles. The lowest BCUT2D eigenvalue weighted by molar-refractivity contribution is 0.142. The van der Waals surface area contributed by atoms with Gasteiger partial charge in [-0.3, -0.25) is 0 Å². The predicted molar refractivity (Wildman–Crippen MR) is 77.2 cm³/mol. The lowest BCUT2D eigenvalue weighted by atomic mass is 9.87. The summed E-state index contributed by atoms with van der Waals surface area (Å²) in [6, 6.07) is 8.13. The molecule has 3 rings (SSSR count). The molecule has 0 bridgehead atoms. The Kier molecular flexibility index (Phi) is 3.19. The lowest BCUT2D eigenvalue weighted by Crippen LogP contribution is -2.31. The van der Waals surface area contributed by atoms with E-state index < -0.39 is 0 Å². The molecule has 1 fully saturated rings. The third-order valence-electron chi connectivity index (χ3n) is 4.41. The van der Waals surface area contributed by atoms with E-state index in [9.17, 15) is 5.11 Å². The van der Waals surface area contributed by atoms with Crippen molar-refractivity contribution in [3.8, 4) is 0 Å². The van der Waals surface area contributed by atoms with E-state index in [-0.39, 0.29) is 12.0 Å². The van der Waals surface area contributed by atoms with Crippen LogP contribution in [0.25, 0.3) is 11.0 Å². The molecule has 1 saturated carbocycles. The summed E-state index contributed by atoms with van der Waals surface area (Å²) in [4.78, 5) is 4.61. The van der Waals surface area contributed by atoms with Gasteiger partial charge in [-0.1, -0.05) is 25.0 Å². The molecule has 2 N–H and O–H groups in total. The maximum atomic E-state index is 9.64. The Labute approximate surface area is 113 Å². The van der Waals surface area contributed by atoms with Gasteiger partial charge < -0.3 is 15.0 Å². The molecule has 1 aliphatic carbocycles. The fourth-order valence-corrected chi connectivity index (χ4v) is 3.09. The van der Waals surface area contributed by atoms with Crippen molar-refractivity contribution in [1.29, 1.82) is 0 Å². The highest BCUT2D eigenvalue weighted by atomic mass is 16.3. The Morgan fingerprint density at radius 1 is 1.32 bits per heavy atom. The summed E-state index contributed by atoms with van der Waals surface area (Å²) in [6.07, 6.45) is 4.68. The van der Waals surface area contributed by atoms with E-state index in [4.69, 9.17) is 0 Å². The third kappa shape index (κ3) is 2.21. The zero-order valence-corrected chi connectivity index (χ0v) is 11.4. The number of fused-ring (bicyclic) bond motifs is 1. The minimum absolute atomic E-state index is 0.0537. The first-order valence-electron chi connectivity index (χ1n) is 7.00. The van der Waals surface area contributed by atoms with Crippen molar-refractivity contribution in [1.82, 2.24) is 9.55 Å². The first kappa shape index (κ1) is 12.5. The molecule has 4 heteroatoms. The van der Waals surface area contributed by atoms with Crippen LogP contribution in [-0.4, -0.2) is 27.8 Å². The molecule has 0 unspecified atom stereocenters. The van der Waals surface area contributed by atoms with Crippen molar-refractivity contribution < 1.29 is 5.11 Å². The number of rotatable bonds is 4. The molecule has 2 aromatic rings. The standard InChI is InChI=1S/C15H21N3O/c1-18-13-7-3-2-6-12(13)17-14(18)16-10-15(11-19)8-4-5-9-15/h2-3,6-7,19H,4-5,8-11H2,1H3,(H,16,17). The topological polar surface area (TPSA) is 50.1 Å². The molecule has 1 aromatic carbocycles. The van der Waals surface area contributed by atoms with Gasteiger partial charge in [-0.15, -0.1) is 0 Å². The van der Waals surface area contributed by atoms with Crippen molar-refractivity contribution in [2.75, 3.05) is 18.5 Å². The van der Waals surface area contributed by atoms with Gasteiger partial charge in [-0.2, -0.15) is 0 Å². The van der Waals surface area contributed by atoms with E-state index in [1.165, 1.54) is 12.8 Å². The monoisotopic (exact) mass is 259 g/mol. The number of anilines is 1. The minimum Gasteiger partial charge on any atom is -0.396 e.